The topological polar surface area (TPSA) is 72.5 Å². The van der Waals surface area contributed by atoms with E-state index in [9.17, 15) is 9.18 Å². The predicted octanol–water partition coefficient (Wildman–Crippen LogP) is 4.60. The number of hydrogen-bond acceptors (Lipinski definition) is 5. The van der Waals surface area contributed by atoms with Gasteiger partial charge in [0.25, 0.3) is 5.91 Å². The van der Waals surface area contributed by atoms with Gasteiger partial charge in [-0.15, -0.1) is 0 Å². The molecule has 2 heterocycles. The third-order valence-electron chi connectivity index (χ3n) is 3.83. The summed E-state index contributed by atoms with van der Waals surface area (Å²) in [6.07, 6.45) is 1.51. The molecule has 0 saturated heterocycles. The second kappa shape index (κ2) is 7.13. The fourth-order valence-electron chi connectivity index (χ4n) is 2.51. The third-order valence-corrected chi connectivity index (χ3v) is 4.12. The van der Waals surface area contributed by atoms with Gasteiger partial charge in [-0.05, 0) is 42.5 Å². The lowest BCUT2D eigenvalue weighted by Gasteiger charge is -2.08. The quantitative estimate of drug-likeness (QED) is 0.686. The molecule has 1 aromatic heterocycles. The second-order valence-electron chi connectivity index (χ2n) is 5.71. The van der Waals surface area contributed by atoms with Crippen LogP contribution in [-0.4, -0.2) is 17.7 Å². The van der Waals surface area contributed by atoms with Crippen molar-refractivity contribution in [1.29, 1.82) is 0 Å². The van der Waals surface area contributed by atoms with Crippen LogP contribution in [0.4, 0.5) is 21.5 Å². The van der Waals surface area contributed by atoms with E-state index in [4.69, 9.17) is 21.1 Å². The number of halogens is 2. The monoisotopic (exact) mass is 385 g/mol. The first-order valence-electron chi connectivity index (χ1n) is 7.97. The van der Waals surface area contributed by atoms with Gasteiger partial charge in [0.05, 0.1) is 16.9 Å². The van der Waals surface area contributed by atoms with Crippen LogP contribution in [0.3, 0.4) is 0 Å². The maximum Gasteiger partial charge on any atom is 0.274 e. The van der Waals surface area contributed by atoms with E-state index < -0.39 is 5.82 Å². The smallest absolute Gasteiger partial charge is 0.274 e. The predicted molar refractivity (Wildman–Crippen MR) is 99.4 cm³/mol. The number of ether oxygens (including phenoxy) is 2. The molecule has 0 atom stereocenters. The van der Waals surface area contributed by atoms with Crippen LogP contribution < -0.4 is 20.1 Å². The average molecular weight is 386 g/mol. The van der Waals surface area contributed by atoms with Gasteiger partial charge in [-0.2, -0.15) is 0 Å². The fourth-order valence-corrected chi connectivity index (χ4v) is 2.69. The lowest BCUT2D eigenvalue weighted by molar-refractivity contribution is 0.102. The Morgan fingerprint density at radius 3 is 2.56 bits per heavy atom. The van der Waals surface area contributed by atoms with Gasteiger partial charge in [0, 0.05) is 17.4 Å². The molecule has 8 heteroatoms. The molecule has 3 aromatic rings. The average Bonchev–Trinajstić information content (AvgIpc) is 3.13. The molecule has 4 rings (SSSR count). The Hall–Kier alpha value is -3.32. The van der Waals surface area contributed by atoms with Crippen molar-refractivity contribution in [2.45, 2.75) is 0 Å². The molecule has 1 aliphatic heterocycles. The maximum atomic E-state index is 13.2. The Morgan fingerprint density at radius 2 is 1.78 bits per heavy atom. The van der Waals surface area contributed by atoms with Crippen molar-refractivity contribution in [3.8, 4) is 11.5 Å². The van der Waals surface area contributed by atoms with E-state index >= 15 is 0 Å². The number of nitrogens with one attached hydrogen (secondary N) is 2. The van der Waals surface area contributed by atoms with Gasteiger partial charge >= 0.3 is 0 Å². The number of anilines is 3. The molecule has 0 radical (unpaired) electrons. The van der Waals surface area contributed by atoms with Crippen LogP contribution in [0.15, 0.2) is 54.7 Å². The van der Waals surface area contributed by atoms with Crippen LogP contribution in [0.25, 0.3) is 0 Å². The molecule has 0 fully saturated rings. The highest BCUT2D eigenvalue weighted by Gasteiger charge is 2.15. The number of hydrogen-bond donors (Lipinski definition) is 2. The number of carbonyl (C=O) groups is 1. The van der Waals surface area contributed by atoms with Crippen molar-refractivity contribution in [2.24, 2.45) is 0 Å². The van der Waals surface area contributed by atoms with Crippen molar-refractivity contribution in [3.05, 3.63) is 71.3 Å². The summed E-state index contributed by atoms with van der Waals surface area (Å²) in [6.45, 7) is 0.169. The Balaban J connectivity index is 1.43. The standard InChI is InChI=1S/C19H13ClFN3O3/c20-14-7-11(1-4-15(14)21)23-13-2-5-16(22-9-13)19(25)24-12-3-6-17-18(8-12)27-10-26-17/h1-9,23H,10H2,(H,24,25). The molecule has 2 aromatic carbocycles. The van der Waals surface area contributed by atoms with Crippen molar-refractivity contribution in [2.75, 3.05) is 17.4 Å². The second-order valence-corrected chi connectivity index (χ2v) is 6.12. The van der Waals surface area contributed by atoms with Crippen LogP contribution in [0.2, 0.25) is 5.02 Å². The molecule has 1 amide bonds. The van der Waals surface area contributed by atoms with Gasteiger partial charge in [0.15, 0.2) is 11.5 Å². The van der Waals surface area contributed by atoms with Crippen molar-refractivity contribution in [1.82, 2.24) is 4.98 Å². The molecule has 0 spiro atoms. The summed E-state index contributed by atoms with van der Waals surface area (Å²) in [6, 6.07) is 12.7. The van der Waals surface area contributed by atoms with Gasteiger partial charge in [0.1, 0.15) is 11.5 Å². The van der Waals surface area contributed by atoms with E-state index in [1.54, 1.807) is 36.4 Å². The van der Waals surface area contributed by atoms with Crippen molar-refractivity contribution in [3.63, 3.8) is 0 Å². The van der Waals surface area contributed by atoms with Crippen molar-refractivity contribution >= 4 is 34.6 Å². The molecule has 27 heavy (non-hydrogen) atoms. The third kappa shape index (κ3) is 3.78. The number of rotatable bonds is 4. The zero-order valence-corrected chi connectivity index (χ0v) is 14.6. The fraction of sp³-hybridized carbons (Fsp3) is 0.0526. The van der Waals surface area contributed by atoms with Crippen LogP contribution >= 0.6 is 11.6 Å². The molecule has 6 nitrogen and oxygen atoms in total. The molecule has 0 unspecified atom stereocenters. The van der Waals surface area contributed by atoms with E-state index in [2.05, 4.69) is 15.6 Å². The Morgan fingerprint density at radius 1 is 1.00 bits per heavy atom. The van der Waals surface area contributed by atoms with Crippen LogP contribution in [0, 0.1) is 5.82 Å². The van der Waals surface area contributed by atoms with Gasteiger partial charge in [0.2, 0.25) is 6.79 Å². The highest BCUT2D eigenvalue weighted by atomic mass is 35.5. The SMILES string of the molecule is O=C(Nc1ccc2c(c1)OCO2)c1ccc(Nc2ccc(F)c(Cl)c2)cn1. The first-order valence-corrected chi connectivity index (χ1v) is 8.35. The van der Waals surface area contributed by atoms with E-state index in [1.807, 2.05) is 0 Å². The zero-order valence-electron chi connectivity index (χ0n) is 13.8. The number of pyridine rings is 1. The largest absolute Gasteiger partial charge is 0.454 e. The molecule has 0 saturated carbocycles. The minimum absolute atomic E-state index is 0.0210. The number of aromatic nitrogens is 1. The first kappa shape index (κ1) is 17.1. The highest BCUT2D eigenvalue weighted by Crippen LogP contribution is 2.34. The number of fused-ring (bicyclic) bond motifs is 1. The lowest BCUT2D eigenvalue weighted by Crippen LogP contribution is -2.13. The van der Waals surface area contributed by atoms with Crippen molar-refractivity contribution < 1.29 is 18.7 Å². The van der Waals surface area contributed by atoms with Crippen LogP contribution in [0.1, 0.15) is 10.5 Å². The molecule has 136 valence electrons. The number of carbonyl (C=O) groups excluding carboxylic acids is 1. The lowest BCUT2D eigenvalue weighted by atomic mass is 10.2. The number of benzene rings is 2. The molecular formula is C19H13ClFN3O3. The van der Waals surface area contributed by atoms with Gasteiger partial charge in [-0.25, -0.2) is 9.37 Å². The Kier molecular flexibility index (Phi) is 4.52. The number of amides is 1. The summed E-state index contributed by atoms with van der Waals surface area (Å²) in [7, 11) is 0. The zero-order chi connectivity index (χ0) is 18.8. The van der Waals surface area contributed by atoms with E-state index in [1.165, 1.54) is 18.3 Å². The molecule has 0 aliphatic carbocycles. The summed E-state index contributed by atoms with van der Waals surface area (Å²) < 4.78 is 23.7. The summed E-state index contributed by atoms with van der Waals surface area (Å²) in [5, 5.41) is 5.82. The normalized spacial score (nSPS) is 11.9. The molecular weight excluding hydrogens is 373 g/mol. The van der Waals surface area contributed by atoms with Gasteiger partial charge in [-0.1, -0.05) is 11.6 Å². The first-order chi connectivity index (χ1) is 13.1. The maximum absolute atomic E-state index is 13.2. The van der Waals surface area contributed by atoms with Gasteiger partial charge < -0.3 is 20.1 Å². The summed E-state index contributed by atoms with van der Waals surface area (Å²) in [4.78, 5) is 16.5. The van der Waals surface area contributed by atoms with E-state index in [0.717, 1.165) is 0 Å². The summed E-state index contributed by atoms with van der Waals surface area (Å²) in [5.74, 6) is 0.377. The van der Waals surface area contributed by atoms with E-state index in [0.29, 0.717) is 28.6 Å². The van der Waals surface area contributed by atoms with Crippen LogP contribution in [-0.2, 0) is 0 Å². The van der Waals surface area contributed by atoms with E-state index in [-0.39, 0.29) is 23.4 Å². The minimum atomic E-state index is -0.490. The summed E-state index contributed by atoms with van der Waals surface area (Å²) >= 11 is 5.76. The Bertz CT molecular complexity index is 1010. The highest BCUT2D eigenvalue weighted by molar-refractivity contribution is 6.31. The van der Waals surface area contributed by atoms with Gasteiger partial charge in [-0.3, -0.25) is 4.79 Å². The Labute approximate surface area is 158 Å². The molecule has 2 N–H and O–H groups in total. The molecule has 0 bridgehead atoms. The number of nitrogens with zero attached hydrogens (tertiary/aromatic N) is 1. The summed E-state index contributed by atoms with van der Waals surface area (Å²) in [5.41, 5.74) is 2.07. The van der Waals surface area contributed by atoms with Crippen LogP contribution in [0.5, 0.6) is 11.5 Å². The molecule has 1 aliphatic rings. The minimum Gasteiger partial charge on any atom is -0.454 e.